The maximum atomic E-state index is 6.23. The molecule has 0 saturated heterocycles. The Kier molecular flexibility index (Phi) is 4.11. The molecule has 2 heteroatoms. The summed E-state index contributed by atoms with van der Waals surface area (Å²) in [6.45, 7) is 2.92. The van der Waals surface area contributed by atoms with Crippen molar-refractivity contribution in [2.45, 2.75) is 50.9 Å². The zero-order valence-corrected chi connectivity index (χ0v) is 11.4. The maximum absolute atomic E-state index is 6.23. The number of benzene rings is 1. The predicted molar refractivity (Wildman–Crippen MR) is 74.6 cm³/mol. The second-order valence-corrected chi connectivity index (χ2v) is 5.68. The molecule has 94 valence electrons. The van der Waals surface area contributed by atoms with Crippen LogP contribution in [0.15, 0.2) is 18.2 Å². The lowest BCUT2D eigenvalue weighted by molar-refractivity contribution is 0.300. The van der Waals surface area contributed by atoms with E-state index in [4.69, 9.17) is 17.3 Å². The van der Waals surface area contributed by atoms with E-state index in [1.165, 1.54) is 43.2 Å². The van der Waals surface area contributed by atoms with E-state index in [1.807, 2.05) is 0 Å². The molecular weight excluding hydrogens is 230 g/mol. The van der Waals surface area contributed by atoms with Gasteiger partial charge < -0.3 is 5.73 Å². The Morgan fingerprint density at radius 3 is 2.47 bits per heavy atom. The zero-order valence-electron chi connectivity index (χ0n) is 10.6. The van der Waals surface area contributed by atoms with Crippen LogP contribution in [0.1, 0.15) is 50.2 Å². The van der Waals surface area contributed by atoms with Gasteiger partial charge in [-0.25, -0.2) is 0 Å². The molecule has 0 atom stereocenters. The van der Waals surface area contributed by atoms with Gasteiger partial charge in [0.1, 0.15) is 0 Å². The minimum atomic E-state index is 0.188. The summed E-state index contributed by atoms with van der Waals surface area (Å²) in [5.74, 6) is 0. The standard InChI is InChI=1S/C15H22ClN/c1-2-12-8-13(10-14(16)9-12)15(11-17)6-4-3-5-7-15/h8-10H,2-7,11,17H2,1H3. The Labute approximate surface area is 109 Å². The Bertz CT molecular complexity index is 381. The van der Waals surface area contributed by atoms with E-state index in [1.54, 1.807) is 0 Å². The van der Waals surface area contributed by atoms with Crippen molar-refractivity contribution in [2.24, 2.45) is 5.73 Å². The highest BCUT2D eigenvalue weighted by atomic mass is 35.5. The fourth-order valence-electron chi connectivity index (χ4n) is 3.00. The number of aryl methyl sites for hydroxylation is 1. The summed E-state index contributed by atoms with van der Waals surface area (Å²) in [6.07, 6.45) is 7.41. The van der Waals surface area contributed by atoms with Crippen LogP contribution < -0.4 is 5.73 Å². The molecule has 0 bridgehead atoms. The van der Waals surface area contributed by atoms with Crippen molar-refractivity contribution in [3.63, 3.8) is 0 Å². The van der Waals surface area contributed by atoms with Crippen LogP contribution in [0.2, 0.25) is 5.02 Å². The third-order valence-electron chi connectivity index (χ3n) is 4.18. The van der Waals surface area contributed by atoms with Crippen molar-refractivity contribution in [3.05, 3.63) is 34.3 Å². The van der Waals surface area contributed by atoms with Gasteiger partial charge in [-0.15, -0.1) is 0 Å². The van der Waals surface area contributed by atoms with Crippen LogP contribution in [0.3, 0.4) is 0 Å². The van der Waals surface area contributed by atoms with Crippen molar-refractivity contribution in [2.75, 3.05) is 6.54 Å². The molecule has 1 aromatic rings. The highest BCUT2D eigenvalue weighted by Gasteiger charge is 2.32. The number of nitrogens with two attached hydrogens (primary N) is 1. The monoisotopic (exact) mass is 251 g/mol. The van der Waals surface area contributed by atoms with Gasteiger partial charge in [0.25, 0.3) is 0 Å². The first-order valence-corrected chi connectivity index (χ1v) is 7.08. The average molecular weight is 252 g/mol. The highest BCUT2D eigenvalue weighted by Crippen LogP contribution is 2.39. The van der Waals surface area contributed by atoms with Crippen LogP contribution in [-0.4, -0.2) is 6.54 Å². The first-order valence-electron chi connectivity index (χ1n) is 6.70. The fraction of sp³-hybridized carbons (Fsp3) is 0.600. The van der Waals surface area contributed by atoms with Gasteiger partial charge in [0.2, 0.25) is 0 Å². The van der Waals surface area contributed by atoms with Crippen LogP contribution in [0.25, 0.3) is 0 Å². The fourth-order valence-corrected chi connectivity index (χ4v) is 3.26. The molecule has 0 spiro atoms. The van der Waals surface area contributed by atoms with E-state index < -0.39 is 0 Å². The van der Waals surface area contributed by atoms with Crippen LogP contribution in [0.4, 0.5) is 0 Å². The van der Waals surface area contributed by atoms with E-state index in [0.29, 0.717) is 0 Å². The van der Waals surface area contributed by atoms with Gasteiger partial charge >= 0.3 is 0 Å². The van der Waals surface area contributed by atoms with E-state index >= 15 is 0 Å². The second kappa shape index (κ2) is 5.41. The molecule has 0 aromatic heterocycles. The van der Waals surface area contributed by atoms with Crippen molar-refractivity contribution in [1.29, 1.82) is 0 Å². The molecule has 1 nitrogen and oxygen atoms in total. The third-order valence-corrected chi connectivity index (χ3v) is 4.40. The Morgan fingerprint density at radius 2 is 1.88 bits per heavy atom. The molecule has 0 amide bonds. The molecule has 1 saturated carbocycles. The summed E-state index contributed by atoms with van der Waals surface area (Å²) in [6, 6.07) is 6.50. The molecule has 0 unspecified atom stereocenters. The third kappa shape index (κ3) is 2.66. The van der Waals surface area contributed by atoms with Crippen molar-refractivity contribution in [3.8, 4) is 0 Å². The van der Waals surface area contributed by atoms with E-state index in [2.05, 4.69) is 25.1 Å². The molecule has 2 N–H and O–H groups in total. The molecule has 1 fully saturated rings. The summed E-state index contributed by atoms with van der Waals surface area (Å²) in [5, 5.41) is 0.859. The van der Waals surface area contributed by atoms with Crippen LogP contribution in [0.5, 0.6) is 0 Å². The number of hydrogen-bond acceptors (Lipinski definition) is 1. The summed E-state index contributed by atoms with van der Waals surface area (Å²) in [7, 11) is 0. The molecular formula is C15H22ClN. The Hall–Kier alpha value is -0.530. The maximum Gasteiger partial charge on any atom is 0.0411 e. The van der Waals surface area contributed by atoms with E-state index in [-0.39, 0.29) is 5.41 Å². The number of rotatable bonds is 3. The minimum absolute atomic E-state index is 0.188. The predicted octanol–water partition coefficient (Wildman–Crippen LogP) is 4.06. The largest absolute Gasteiger partial charge is 0.330 e. The summed E-state index contributed by atoms with van der Waals surface area (Å²) in [5.41, 5.74) is 8.95. The normalized spacial score (nSPS) is 19.2. The van der Waals surface area contributed by atoms with Crippen LogP contribution >= 0.6 is 11.6 Å². The number of hydrogen-bond donors (Lipinski definition) is 1. The SMILES string of the molecule is CCc1cc(Cl)cc(C2(CN)CCCCC2)c1. The molecule has 1 aliphatic rings. The molecule has 1 aliphatic carbocycles. The van der Waals surface area contributed by atoms with Gasteiger partial charge in [0, 0.05) is 17.0 Å². The highest BCUT2D eigenvalue weighted by molar-refractivity contribution is 6.30. The Morgan fingerprint density at radius 1 is 1.18 bits per heavy atom. The molecule has 1 aromatic carbocycles. The van der Waals surface area contributed by atoms with E-state index in [9.17, 15) is 0 Å². The summed E-state index contributed by atoms with van der Waals surface area (Å²) in [4.78, 5) is 0. The van der Waals surface area contributed by atoms with Crippen molar-refractivity contribution < 1.29 is 0 Å². The second-order valence-electron chi connectivity index (χ2n) is 5.25. The van der Waals surface area contributed by atoms with Gasteiger partial charge in [-0.3, -0.25) is 0 Å². The van der Waals surface area contributed by atoms with Gasteiger partial charge in [-0.05, 0) is 42.5 Å². The van der Waals surface area contributed by atoms with Gasteiger partial charge in [0.05, 0.1) is 0 Å². The van der Waals surface area contributed by atoms with Gasteiger partial charge in [-0.2, -0.15) is 0 Å². The average Bonchev–Trinajstić information content (AvgIpc) is 2.38. The molecule has 0 radical (unpaired) electrons. The minimum Gasteiger partial charge on any atom is -0.330 e. The lowest BCUT2D eigenvalue weighted by Crippen LogP contribution is -2.37. The zero-order chi connectivity index (χ0) is 12.3. The van der Waals surface area contributed by atoms with Gasteiger partial charge in [-0.1, -0.05) is 43.9 Å². The smallest absolute Gasteiger partial charge is 0.0411 e. The van der Waals surface area contributed by atoms with Gasteiger partial charge in [0.15, 0.2) is 0 Å². The molecule has 0 aliphatic heterocycles. The first-order chi connectivity index (χ1) is 8.20. The summed E-state index contributed by atoms with van der Waals surface area (Å²) < 4.78 is 0. The quantitative estimate of drug-likeness (QED) is 0.861. The lowest BCUT2D eigenvalue weighted by atomic mass is 9.69. The molecule has 2 rings (SSSR count). The van der Waals surface area contributed by atoms with Crippen LogP contribution in [-0.2, 0) is 11.8 Å². The van der Waals surface area contributed by atoms with Crippen molar-refractivity contribution >= 4 is 11.6 Å². The molecule has 17 heavy (non-hydrogen) atoms. The van der Waals surface area contributed by atoms with E-state index in [0.717, 1.165) is 18.0 Å². The van der Waals surface area contributed by atoms with Crippen molar-refractivity contribution in [1.82, 2.24) is 0 Å². The first kappa shape index (κ1) is 12.9. The topological polar surface area (TPSA) is 26.0 Å². The summed E-state index contributed by atoms with van der Waals surface area (Å²) >= 11 is 6.23. The number of halogens is 1. The Balaban J connectivity index is 2.38. The van der Waals surface area contributed by atoms with Crippen LogP contribution in [0, 0.1) is 0 Å². The lowest BCUT2D eigenvalue weighted by Gasteiger charge is -2.37. The molecule has 0 heterocycles.